The topological polar surface area (TPSA) is 138 Å². The number of hydrogen-bond acceptors (Lipinski definition) is 6. The Morgan fingerprint density at radius 3 is 2.56 bits per heavy atom. The van der Waals surface area contributed by atoms with Crippen molar-refractivity contribution in [2.24, 2.45) is 28.6 Å². The average molecular weight is 540 g/mol. The molecule has 0 saturated heterocycles. The molecule has 3 N–H and O–H groups in total. The monoisotopic (exact) mass is 539 g/mol. The minimum atomic E-state index is -1.07. The predicted octanol–water partition coefficient (Wildman–Crippen LogP) is 4.31. The van der Waals surface area contributed by atoms with Gasteiger partial charge in [-0.25, -0.2) is 0 Å². The molecule has 212 valence electrons. The van der Waals surface area contributed by atoms with Crippen LogP contribution in [0, 0.1) is 39.9 Å². The highest BCUT2D eigenvalue weighted by Crippen LogP contribution is 2.49. The first-order valence-corrected chi connectivity index (χ1v) is 14.1. The fourth-order valence-electron chi connectivity index (χ4n) is 6.44. The van der Waals surface area contributed by atoms with Crippen molar-refractivity contribution < 1.29 is 29.0 Å². The molecule has 2 amide bonds. The Balaban J connectivity index is 1.54. The Kier molecular flexibility index (Phi) is 8.43. The first-order valence-electron chi connectivity index (χ1n) is 14.1. The van der Waals surface area contributed by atoms with Crippen LogP contribution in [0.15, 0.2) is 18.2 Å². The number of nitriles is 1. The molecule has 3 aliphatic carbocycles. The molecule has 3 fully saturated rings. The number of carboxylic acids is 1. The number of carbonyl (C=O) groups excluding carboxylic acids is 2. The van der Waals surface area contributed by atoms with Gasteiger partial charge in [-0.15, -0.1) is 0 Å². The highest BCUT2D eigenvalue weighted by molar-refractivity contribution is 5.95. The summed E-state index contributed by atoms with van der Waals surface area (Å²) in [6.45, 7) is 8.27. The second-order valence-electron chi connectivity index (χ2n) is 12.8. The number of rotatable bonds is 9. The minimum absolute atomic E-state index is 0.00282. The predicted molar refractivity (Wildman–Crippen MR) is 144 cm³/mol. The van der Waals surface area contributed by atoms with Crippen LogP contribution in [-0.2, 0) is 9.59 Å². The van der Waals surface area contributed by atoms with E-state index < -0.39 is 17.5 Å². The van der Waals surface area contributed by atoms with E-state index in [-0.39, 0.29) is 59.1 Å². The zero-order chi connectivity index (χ0) is 28.4. The van der Waals surface area contributed by atoms with E-state index in [0.29, 0.717) is 24.9 Å². The van der Waals surface area contributed by atoms with Crippen LogP contribution in [0.25, 0.3) is 0 Å². The molecular formula is C30H41N3O6. The third-order valence-corrected chi connectivity index (χ3v) is 8.69. The van der Waals surface area contributed by atoms with Crippen molar-refractivity contribution in [3.63, 3.8) is 0 Å². The maximum atomic E-state index is 13.5. The largest absolute Gasteiger partial charge is 0.485 e. The summed E-state index contributed by atoms with van der Waals surface area (Å²) < 4.78 is 11.8. The summed E-state index contributed by atoms with van der Waals surface area (Å²) >= 11 is 0. The zero-order valence-corrected chi connectivity index (χ0v) is 23.4. The minimum Gasteiger partial charge on any atom is -0.485 e. The van der Waals surface area contributed by atoms with Crippen molar-refractivity contribution >= 4 is 17.8 Å². The van der Waals surface area contributed by atoms with Gasteiger partial charge in [-0.05, 0) is 80.9 Å². The molecule has 0 spiro atoms. The van der Waals surface area contributed by atoms with Gasteiger partial charge in [0.05, 0.1) is 5.92 Å². The van der Waals surface area contributed by atoms with E-state index in [1.54, 1.807) is 25.1 Å². The summed E-state index contributed by atoms with van der Waals surface area (Å²) in [7, 11) is 0. The molecule has 6 atom stereocenters. The first-order chi connectivity index (χ1) is 18.4. The third kappa shape index (κ3) is 6.32. The normalized spacial score (nSPS) is 29.8. The van der Waals surface area contributed by atoms with E-state index in [0.717, 1.165) is 32.1 Å². The molecule has 1 aromatic carbocycles. The molecule has 9 heteroatoms. The van der Waals surface area contributed by atoms with Gasteiger partial charge in [0.25, 0.3) is 5.91 Å². The lowest BCUT2D eigenvalue weighted by Crippen LogP contribution is -2.50. The highest BCUT2D eigenvalue weighted by Gasteiger charge is 2.51. The maximum absolute atomic E-state index is 13.5. The number of fused-ring (bicyclic) bond motifs is 2. The van der Waals surface area contributed by atoms with E-state index in [1.807, 2.05) is 6.07 Å². The molecule has 3 aliphatic rings. The van der Waals surface area contributed by atoms with Crippen molar-refractivity contribution in [2.75, 3.05) is 13.2 Å². The van der Waals surface area contributed by atoms with Gasteiger partial charge in [0.15, 0.2) is 18.1 Å². The summed E-state index contributed by atoms with van der Waals surface area (Å²) in [4.78, 5) is 38.8. The molecule has 3 saturated carbocycles. The Labute approximate surface area is 230 Å². The summed E-state index contributed by atoms with van der Waals surface area (Å²) in [6, 6.07) is 6.42. The smallest absolute Gasteiger partial charge is 0.313 e. The van der Waals surface area contributed by atoms with Gasteiger partial charge in [-0.3, -0.25) is 14.4 Å². The van der Waals surface area contributed by atoms with Crippen molar-refractivity contribution in [2.45, 2.75) is 84.8 Å². The van der Waals surface area contributed by atoms with Gasteiger partial charge in [0.2, 0.25) is 5.91 Å². The standard InChI is InChI=1S/C30H41N3O6/c1-29(2,3)17-32-27(35)24-18-8-9-19(15-18)25(24)33-26(34)20-10-11-21(38-14-13-31)22(16-20)39-23-7-5-6-12-30(23,4)28(36)37/h10-11,16,18-19,23-25H,5-9,12,14-15,17H2,1-4H3,(H,32,35)(H,33,34)(H,36,37)/t18-,19+,23?,24+,25-,30+/m1/s1. The van der Waals surface area contributed by atoms with Crippen molar-refractivity contribution in [3.8, 4) is 17.6 Å². The van der Waals surface area contributed by atoms with Crippen molar-refractivity contribution in [1.29, 1.82) is 5.26 Å². The lowest BCUT2D eigenvalue weighted by Gasteiger charge is -2.38. The Bertz CT molecular complexity index is 1140. The number of benzene rings is 1. The summed E-state index contributed by atoms with van der Waals surface area (Å²) in [6.07, 6.45) is 5.01. The van der Waals surface area contributed by atoms with Gasteiger partial charge in [0, 0.05) is 18.2 Å². The van der Waals surface area contributed by atoms with Gasteiger partial charge < -0.3 is 25.2 Å². The second kappa shape index (κ2) is 11.4. The van der Waals surface area contributed by atoms with E-state index in [2.05, 4.69) is 31.4 Å². The summed E-state index contributed by atoms with van der Waals surface area (Å²) in [5.74, 6) is -0.456. The van der Waals surface area contributed by atoms with Gasteiger partial charge in [-0.1, -0.05) is 27.2 Å². The number of nitrogens with one attached hydrogen (secondary N) is 2. The molecule has 0 radical (unpaired) electrons. The van der Waals surface area contributed by atoms with Crippen LogP contribution >= 0.6 is 0 Å². The van der Waals surface area contributed by atoms with Crippen LogP contribution in [0.1, 0.15) is 83.0 Å². The van der Waals surface area contributed by atoms with Crippen LogP contribution in [0.4, 0.5) is 0 Å². The van der Waals surface area contributed by atoms with Gasteiger partial charge >= 0.3 is 5.97 Å². The van der Waals surface area contributed by atoms with E-state index in [1.165, 1.54) is 0 Å². The average Bonchev–Trinajstić information content (AvgIpc) is 3.49. The number of nitrogens with zero attached hydrogens (tertiary/aromatic N) is 1. The summed E-state index contributed by atoms with van der Waals surface area (Å²) in [5, 5.41) is 25.2. The molecule has 4 rings (SSSR count). The molecule has 39 heavy (non-hydrogen) atoms. The number of aliphatic carboxylic acids is 1. The quantitative estimate of drug-likeness (QED) is 0.425. The Morgan fingerprint density at radius 1 is 1.13 bits per heavy atom. The number of carboxylic acid groups (broad SMARTS) is 1. The maximum Gasteiger partial charge on any atom is 0.313 e. The second-order valence-corrected chi connectivity index (χ2v) is 12.8. The van der Waals surface area contributed by atoms with Crippen LogP contribution < -0.4 is 20.1 Å². The molecule has 2 bridgehead atoms. The van der Waals surface area contributed by atoms with Gasteiger partial charge in [-0.2, -0.15) is 5.26 Å². The van der Waals surface area contributed by atoms with E-state index in [4.69, 9.17) is 14.7 Å². The molecule has 1 aromatic rings. The van der Waals surface area contributed by atoms with Crippen LogP contribution in [-0.4, -0.2) is 48.2 Å². The summed E-state index contributed by atoms with van der Waals surface area (Å²) in [5.41, 5.74) is -0.772. The van der Waals surface area contributed by atoms with Gasteiger partial charge in [0.1, 0.15) is 17.6 Å². The lowest BCUT2D eigenvalue weighted by molar-refractivity contribution is -0.156. The number of ether oxygens (including phenoxy) is 2. The van der Waals surface area contributed by atoms with Crippen LogP contribution in [0.3, 0.4) is 0 Å². The molecule has 0 aromatic heterocycles. The number of carbonyl (C=O) groups is 3. The fourth-order valence-corrected chi connectivity index (χ4v) is 6.44. The first kappa shape index (κ1) is 28.7. The molecule has 1 unspecified atom stereocenters. The number of hydrogen-bond donors (Lipinski definition) is 3. The molecule has 0 aliphatic heterocycles. The molecular weight excluding hydrogens is 498 g/mol. The van der Waals surface area contributed by atoms with Crippen molar-refractivity contribution in [1.82, 2.24) is 10.6 Å². The third-order valence-electron chi connectivity index (χ3n) is 8.69. The zero-order valence-electron chi connectivity index (χ0n) is 23.4. The van der Waals surface area contributed by atoms with Crippen LogP contribution in [0.2, 0.25) is 0 Å². The van der Waals surface area contributed by atoms with Crippen LogP contribution in [0.5, 0.6) is 11.5 Å². The Hall–Kier alpha value is -3.28. The van der Waals surface area contributed by atoms with E-state index >= 15 is 0 Å². The fraction of sp³-hybridized carbons (Fsp3) is 0.667. The Morgan fingerprint density at radius 2 is 1.87 bits per heavy atom. The highest BCUT2D eigenvalue weighted by atomic mass is 16.5. The van der Waals surface area contributed by atoms with E-state index in [9.17, 15) is 19.5 Å². The molecule has 9 nitrogen and oxygen atoms in total. The molecule has 0 heterocycles. The lowest BCUT2D eigenvalue weighted by atomic mass is 9.73. The SMILES string of the molecule is CC(C)(C)CNC(=O)[C@H]1[C@@H]2CC[C@@H](C2)[C@H]1NC(=O)c1ccc(OCC#N)c(OC2CCCC[C@]2(C)C(=O)O)c1. The number of amides is 2. The van der Waals surface area contributed by atoms with Crippen molar-refractivity contribution in [3.05, 3.63) is 23.8 Å².